The fraction of sp³-hybridized carbons (Fsp3) is 0.400. The molecule has 1 rings (SSSR count). The van der Waals surface area contributed by atoms with Crippen molar-refractivity contribution in [3.05, 3.63) is 29.3 Å². The van der Waals surface area contributed by atoms with Gasteiger partial charge in [-0.1, -0.05) is 12.2 Å². The molecule has 0 saturated carbocycles. The first-order valence-electron chi connectivity index (χ1n) is 6.13. The highest BCUT2D eigenvalue weighted by atomic mass is 16.5. The lowest BCUT2D eigenvalue weighted by Gasteiger charge is -2.15. The van der Waals surface area contributed by atoms with E-state index in [2.05, 4.69) is 0 Å². The van der Waals surface area contributed by atoms with Crippen LogP contribution in [-0.2, 0) is 4.74 Å². The molecular weight excluding hydrogens is 244 g/mol. The summed E-state index contributed by atoms with van der Waals surface area (Å²) in [4.78, 5) is 12.2. The minimum atomic E-state index is -0.400. The Labute approximate surface area is 114 Å². The van der Waals surface area contributed by atoms with E-state index in [0.717, 1.165) is 0 Å². The van der Waals surface area contributed by atoms with E-state index in [1.54, 1.807) is 19.2 Å². The van der Waals surface area contributed by atoms with Crippen LogP contribution >= 0.6 is 0 Å². The first kappa shape index (κ1) is 15.1. The molecule has 0 bridgehead atoms. The summed E-state index contributed by atoms with van der Waals surface area (Å²) < 4.78 is 15.7. The lowest BCUT2D eigenvalue weighted by molar-refractivity contribution is 0.0374. The van der Waals surface area contributed by atoms with Gasteiger partial charge in [-0.2, -0.15) is 0 Å². The Hall–Kier alpha value is -1.97. The van der Waals surface area contributed by atoms with Gasteiger partial charge in [0.25, 0.3) is 0 Å². The second-order valence-electron chi connectivity index (χ2n) is 4.25. The summed E-state index contributed by atoms with van der Waals surface area (Å²) in [5.41, 5.74) is 1.12. The molecule has 0 aromatic heterocycles. The van der Waals surface area contributed by atoms with E-state index in [-0.39, 0.29) is 6.10 Å². The van der Waals surface area contributed by atoms with Crippen molar-refractivity contribution in [3.63, 3.8) is 0 Å². The largest absolute Gasteiger partial charge is 0.497 e. The highest BCUT2D eigenvalue weighted by Gasteiger charge is 2.20. The third-order valence-electron chi connectivity index (χ3n) is 2.45. The molecule has 0 spiro atoms. The lowest BCUT2D eigenvalue weighted by atomic mass is 10.0. The minimum absolute atomic E-state index is 0.183. The molecule has 4 nitrogen and oxygen atoms in total. The van der Waals surface area contributed by atoms with Gasteiger partial charge in [-0.05, 0) is 32.4 Å². The number of rotatable bonds is 5. The van der Waals surface area contributed by atoms with E-state index in [1.165, 1.54) is 7.11 Å². The van der Waals surface area contributed by atoms with Crippen molar-refractivity contribution in [1.29, 1.82) is 0 Å². The molecule has 0 saturated heterocycles. The number of allylic oxidation sites excluding steroid dienone is 1. The molecular formula is C15H20O4. The highest BCUT2D eigenvalue weighted by molar-refractivity contribution is 5.97. The van der Waals surface area contributed by atoms with Gasteiger partial charge in [0.15, 0.2) is 0 Å². The molecule has 0 aliphatic rings. The topological polar surface area (TPSA) is 44.8 Å². The van der Waals surface area contributed by atoms with E-state index in [0.29, 0.717) is 22.6 Å². The summed E-state index contributed by atoms with van der Waals surface area (Å²) in [6.45, 7) is 5.50. The zero-order chi connectivity index (χ0) is 14.4. The number of carbonyl (C=O) groups is 1. The molecule has 0 aliphatic heterocycles. The van der Waals surface area contributed by atoms with E-state index >= 15 is 0 Å². The number of esters is 1. The molecule has 0 N–H and O–H groups in total. The fourth-order valence-electron chi connectivity index (χ4n) is 1.69. The summed E-state index contributed by atoms with van der Waals surface area (Å²) in [5.74, 6) is 0.673. The Bertz CT molecular complexity index is 475. The molecule has 0 unspecified atom stereocenters. The van der Waals surface area contributed by atoms with Gasteiger partial charge >= 0.3 is 5.97 Å². The van der Waals surface area contributed by atoms with Crippen molar-refractivity contribution in [2.24, 2.45) is 0 Å². The SMILES string of the molecule is C/C=C/c1cc(OC)cc(OC)c1C(=O)OC(C)C. The van der Waals surface area contributed by atoms with Crippen molar-refractivity contribution in [2.75, 3.05) is 14.2 Å². The van der Waals surface area contributed by atoms with Crippen molar-refractivity contribution < 1.29 is 19.0 Å². The lowest BCUT2D eigenvalue weighted by Crippen LogP contribution is -2.14. The zero-order valence-electron chi connectivity index (χ0n) is 12.0. The Balaban J connectivity index is 3.36. The highest BCUT2D eigenvalue weighted by Crippen LogP contribution is 2.30. The molecule has 0 radical (unpaired) electrons. The van der Waals surface area contributed by atoms with Crippen LogP contribution in [0.4, 0.5) is 0 Å². The van der Waals surface area contributed by atoms with E-state index in [4.69, 9.17) is 14.2 Å². The normalized spacial score (nSPS) is 10.8. The third kappa shape index (κ3) is 3.74. The third-order valence-corrected chi connectivity index (χ3v) is 2.45. The number of ether oxygens (including phenoxy) is 3. The number of methoxy groups -OCH3 is 2. The van der Waals surface area contributed by atoms with Crippen molar-refractivity contribution in [2.45, 2.75) is 26.9 Å². The molecule has 0 aliphatic carbocycles. The Morgan fingerprint density at radius 3 is 2.37 bits per heavy atom. The van der Waals surface area contributed by atoms with Crippen molar-refractivity contribution in [3.8, 4) is 11.5 Å². The van der Waals surface area contributed by atoms with Crippen LogP contribution in [0, 0.1) is 0 Å². The van der Waals surface area contributed by atoms with Crippen LogP contribution in [0.15, 0.2) is 18.2 Å². The molecule has 1 aromatic rings. The zero-order valence-corrected chi connectivity index (χ0v) is 12.0. The fourth-order valence-corrected chi connectivity index (χ4v) is 1.69. The predicted octanol–water partition coefficient (Wildman–Crippen LogP) is 3.30. The summed E-state index contributed by atoms with van der Waals surface area (Å²) in [7, 11) is 3.08. The van der Waals surface area contributed by atoms with Crippen molar-refractivity contribution in [1.82, 2.24) is 0 Å². The summed E-state index contributed by atoms with van der Waals surface area (Å²) >= 11 is 0. The summed E-state index contributed by atoms with van der Waals surface area (Å²) in [6.07, 6.45) is 3.49. The molecule has 4 heteroatoms. The van der Waals surface area contributed by atoms with Crippen LogP contribution in [0.1, 0.15) is 36.7 Å². The maximum Gasteiger partial charge on any atom is 0.342 e. The second kappa shape index (κ2) is 6.83. The van der Waals surface area contributed by atoms with Gasteiger partial charge < -0.3 is 14.2 Å². The van der Waals surface area contributed by atoms with Crippen molar-refractivity contribution >= 4 is 12.0 Å². The average Bonchev–Trinajstić information content (AvgIpc) is 2.37. The molecule has 0 atom stereocenters. The number of hydrogen-bond acceptors (Lipinski definition) is 4. The Kier molecular flexibility index (Phi) is 5.42. The van der Waals surface area contributed by atoms with E-state index in [9.17, 15) is 4.79 Å². The number of hydrogen-bond donors (Lipinski definition) is 0. The predicted molar refractivity (Wildman–Crippen MR) is 74.8 cm³/mol. The first-order valence-corrected chi connectivity index (χ1v) is 6.13. The van der Waals surface area contributed by atoms with Crippen LogP contribution in [0.3, 0.4) is 0 Å². The summed E-state index contributed by atoms with van der Waals surface area (Å²) in [6, 6.07) is 3.45. The van der Waals surface area contributed by atoms with Crippen LogP contribution in [-0.4, -0.2) is 26.3 Å². The van der Waals surface area contributed by atoms with Crippen LogP contribution in [0.25, 0.3) is 6.08 Å². The molecule has 1 aromatic carbocycles. The maximum atomic E-state index is 12.2. The van der Waals surface area contributed by atoms with Crippen LogP contribution < -0.4 is 9.47 Å². The van der Waals surface area contributed by atoms with Crippen LogP contribution in [0.2, 0.25) is 0 Å². The van der Waals surface area contributed by atoms with Gasteiger partial charge in [-0.3, -0.25) is 0 Å². The minimum Gasteiger partial charge on any atom is -0.497 e. The monoisotopic (exact) mass is 264 g/mol. The van der Waals surface area contributed by atoms with E-state index < -0.39 is 5.97 Å². The Morgan fingerprint density at radius 2 is 1.89 bits per heavy atom. The Morgan fingerprint density at radius 1 is 1.21 bits per heavy atom. The first-order chi connectivity index (χ1) is 9.03. The van der Waals surface area contributed by atoms with Gasteiger partial charge in [0, 0.05) is 6.07 Å². The number of benzene rings is 1. The molecule has 19 heavy (non-hydrogen) atoms. The van der Waals surface area contributed by atoms with Gasteiger partial charge in [-0.25, -0.2) is 4.79 Å². The van der Waals surface area contributed by atoms with Crippen LogP contribution in [0.5, 0.6) is 11.5 Å². The van der Waals surface area contributed by atoms with Gasteiger partial charge in [0.1, 0.15) is 17.1 Å². The standard InChI is InChI=1S/C15H20O4/c1-6-7-11-8-12(17-4)9-13(18-5)14(11)15(16)19-10(2)3/h6-10H,1-5H3/b7-6+. The van der Waals surface area contributed by atoms with Gasteiger partial charge in [-0.15, -0.1) is 0 Å². The quantitative estimate of drug-likeness (QED) is 0.765. The smallest absolute Gasteiger partial charge is 0.342 e. The second-order valence-corrected chi connectivity index (χ2v) is 4.25. The van der Waals surface area contributed by atoms with Gasteiger partial charge in [0.05, 0.1) is 20.3 Å². The number of carbonyl (C=O) groups excluding carboxylic acids is 1. The summed E-state index contributed by atoms with van der Waals surface area (Å²) in [5, 5.41) is 0. The molecule has 104 valence electrons. The molecule has 0 amide bonds. The van der Waals surface area contributed by atoms with Gasteiger partial charge in [0.2, 0.25) is 0 Å². The molecule has 0 fully saturated rings. The average molecular weight is 264 g/mol. The van der Waals surface area contributed by atoms with E-state index in [1.807, 2.05) is 32.9 Å². The molecule has 0 heterocycles. The maximum absolute atomic E-state index is 12.2.